The van der Waals surface area contributed by atoms with Gasteiger partial charge < -0.3 is 20.3 Å². The van der Waals surface area contributed by atoms with Crippen molar-refractivity contribution in [3.05, 3.63) is 70.1 Å². The summed E-state index contributed by atoms with van der Waals surface area (Å²) in [5.41, 5.74) is 3.95. The van der Waals surface area contributed by atoms with Crippen molar-refractivity contribution >= 4 is 35.0 Å². The fourth-order valence-corrected chi connectivity index (χ4v) is 5.34. The molecule has 2 N–H and O–H groups in total. The highest BCUT2D eigenvalue weighted by atomic mass is 32.1. The van der Waals surface area contributed by atoms with E-state index in [1.807, 2.05) is 56.8 Å². The molecule has 12 heteroatoms. The summed E-state index contributed by atoms with van der Waals surface area (Å²) >= 11 is 1.43. The monoisotopic (exact) mass is 602 g/mol. The zero-order valence-electron chi connectivity index (χ0n) is 25.6. The van der Waals surface area contributed by atoms with Gasteiger partial charge in [-0.2, -0.15) is 5.10 Å². The lowest BCUT2D eigenvalue weighted by Crippen LogP contribution is -2.52. The maximum absolute atomic E-state index is 12.7. The van der Waals surface area contributed by atoms with Crippen molar-refractivity contribution < 1.29 is 14.3 Å². The quantitative estimate of drug-likeness (QED) is 0.269. The van der Waals surface area contributed by atoms with E-state index in [0.717, 1.165) is 33.1 Å². The molecule has 1 aliphatic rings. The third-order valence-corrected chi connectivity index (χ3v) is 8.27. The van der Waals surface area contributed by atoms with Crippen LogP contribution in [-0.2, 0) is 16.7 Å². The standard InChI is InChI=1S/C31H38N8O3S/c1-19-12-20(8-9-21(19)13-33-26(40)25-15-34-27(43-25)30(2,3)4)24-10-11-32-28(37-24)36-22-14-35-39(16-22)23-17-38(18-23)29(41)42-31(5,6)7/h8-12,14-16,23H,13,17-18H2,1-7H3,(H,33,40)(H,32,36,37). The average molecular weight is 603 g/mol. The minimum atomic E-state index is -0.517. The Hall–Kier alpha value is -4.32. The Morgan fingerprint density at radius 1 is 1.07 bits per heavy atom. The first-order valence-electron chi connectivity index (χ1n) is 14.2. The van der Waals surface area contributed by atoms with Gasteiger partial charge in [0.05, 0.1) is 34.8 Å². The number of likely N-dealkylation sites (tertiary alicyclic amines) is 1. The molecule has 3 aromatic heterocycles. The van der Waals surface area contributed by atoms with Crippen LogP contribution < -0.4 is 10.6 Å². The summed E-state index contributed by atoms with van der Waals surface area (Å²) in [5.74, 6) is 0.332. The molecule has 5 rings (SSSR count). The Kier molecular flexibility index (Phi) is 8.24. The van der Waals surface area contributed by atoms with Gasteiger partial charge in [0.2, 0.25) is 5.95 Å². The number of ether oxygens (including phenoxy) is 1. The minimum Gasteiger partial charge on any atom is -0.444 e. The van der Waals surface area contributed by atoms with Gasteiger partial charge in [0.1, 0.15) is 10.5 Å². The van der Waals surface area contributed by atoms with Crippen LogP contribution >= 0.6 is 11.3 Å². The molecule has 0 atom stereocenters. The lowest BCUT2D eigenvalue weighted by Gasteiger charge is -2.39. The molecule has 11 nitrogen and oxygen atoms in total. The van der Waals surface area contributed by atoms with Crippen LogP contribution in [0.1, 0.15) is 73.4 Å². The number of hydrogen-bond acceptors (Lipinski definition) is 9. The number of anilines is 2. The highest BCUT2D eigenvalue weighted by molar-refractivity contribution is 7.13. The second kappa shape index (κ2) is 11.8. The molecule has 0 aliphatic carbocycles. The van der Waals surface area contributed by atoms with E-state index in [4.69, 9.17) is 9.72 Å². The lowest BCUT2D eigenvalue weighted by atomic mass is 9.98. The summed E-state index contributed by atoms with van der Waals surface area (Å²) in [4.78, 5) is 40.7. The first kappa shape index (κ1) is 30.1. The molecule has 0 saturated carbocycles. The van der Waals surface area contributed by atoms with E-state index in [-0.39, 0.29) is 23.5 Å². The maximum atomic E-state index is 12.7. The van der Waals surface area contributed by atoms with E-state index < -0.39 is 5.60 Å². The first-order chi connectivity index (χ1) is 20.2. The summed E-state index contributed by atoms with van der Waals surface area (Å²) in [7, 11) is 0. The number of carbonyl (C=O) groups excluding carboxylic acids is 2. The second-order valence-corrected chi connectivity index (χ2v) is 13.8. The maximum Gasteiger partial charge on any atom is 0.410 e. The van der Waals surface area contributed by atoms with Crippen molar-refractivity contribution in [2.24, 2.45) is 0 Å². The number of aromatic nitrogens is 5. The number of thiazole rings is 1. The third kappa shape index (κ3) is 7.37. The topological polar surface area (TPSA) is 127 Å². The Bertz CT molecular complexity index is 1630. The van der Waals surface area contributed by atoms with Crippen molar-refractivity contribution in [3.63, 3.8) is 0 Å². The van der Waals surface area contributed by atoms with Gasteiger partial charge in [-0.05, 0) is 51.0 Å². The molecular formula is C31H38N8O3S. The number of amides is 2. The lowest BCUT2D eigenvalue weighted by molar-refractivity contribution is -0.000388. The molecule has 4 heterocycles. The van der Waals surface area contributed by atoms with Gasteiger partial charge in [0.15, 0.2) is 0 Å². The zero-order valence-corrected chi connectivity index (χ0v) is 26.5. The molecule has 1 saturated heterocycles. The summed E-state index contributed by atoms with van der Waals surface area (Å²) in [6, 6.07) is 8.01. The molecule has 1 fully saturated rings. The summed E-state index contributed by atoms with van der Waals surface area (Å²) in [6.07, 6.45) is 6.66. The fraction of sp³-hybridized carbons (Fsp3) is 0.419. The summed E-state index contributed by atoms with van der Waals surface area (Å²) < 4.78 is 7.27. The second-order valence-electron chi connectivity index (χ2n) is 12.7. The number of nitrogens with one attached hydrogen (secondary N) is 2. The van der Waals surface area contributed by atoms with Gasteiger partial charge in [0.25, 0.3) is 5.91 Å². The third-order valence-electron chi connectivity index (χ3n) is 6.85. The number of hydrogen-bond donors (Lipinski definition) is 2. The van der Waals surface area contributed by atoms with Gasteiger partial charge in [-0.15, -0.1) is 11.3 Å². The number of carbonyl (C=O) groups is 2. The molecule has 0 spiro atoms. The molecule has 43 heavy (non-hydrogen) atoms. The number of nitrogens with zero attached hydrogens (tertiary/aromatic N) is 6. The van der Waals surface area contributed by atoms with Gasteiger partial charge in [0, 0.05) is 43.0 Å². The van der Waals surface area contributed by atoms with Crippen LogP contribution in [0.5, 0.6) is 0 Å². The van der Waals surface area contributed by atoms with Crippen molar-refractivity contribution in [3.8, 4) is 11.3 Å². The number of benzene rings is 1. The molecule has 2 amide bonds. The normalized spacial score (nSPS) is 13.9. The van der Waals surface area contributed by atoms with E-state index in [0.29, 0.717) is 30.5 Å². The predicted octanol–water partition coefficient (Wildman–Crippen LogP) is 5.87. The number of aryl methyl sites for hydroxylation is 1. The van der Waals surface area contributed by atoms with Crippen LogP contribution in [0.25, 0.3) is 11.3 Å². The van der Waals surface area contributed by atoms with Crippen molar-refractivity contribution in [2.45, 2.75) is 72.1 Å². The molecule has 226 valence electrons. The molecule has 0 unspecified atom stereocenters. The Morgan fingerprint density at radius 2 is 1.84 bits per heavy atom. The van der Waals surface area contributed by atoms with Gasteiger partial charge in [-0.25, -0.2) is 19.7 Å². The summed E-state index contributed by atoms with van der Waals surface area (Å²) in [5, 5.41) is 11.6. The van der Waals surface area contributed by atoms with Crippen molar-refractivity contribution in [1.29, 1.82) is 0 Å². The molecule has 4 aromatic rings. The van der Waals surface area contributed by atoms with E-state index in [1.54, 1.807) is 23.5 Å². The van der Waals surface area contributed by atoms with E-state index in [9.17, 15) is 9.59 Å². The van der Waals surface area contributed by atoms with E-state index in [1.165, 1.54) is 11.3 Å². The molecule has 1 aliphatic heterocycles. The highest BCUT2D eigenvalue weighted by Crippen LogP contribution is 2.28. The largest absolute Gasteiger partial charge is 0.444 e. The predicted molar refractivity (Wildman–Crippen MR) is 167 cm³/mol. The zero-order chi connectivity index (χ0) is 30.9. The van der Waals surface area contributed by atoms with Gasteiger partial charge in [-0.3, -0.25) is 9.48 Å². The smallest absolute Gasteiger partial charge is 0.410 e. The van der Waals surface area contributed by atoms with Crippen molar-refractivity contribution in [2.75, 3.05) is 18.4 Å². The van der Waals surface area contributed by atoms with Gasteiger partial charge in [-0.1, -0.05) is 32.9 Å². The van der Waals surface area contributed by atoms with Crippen LogP contribution in [0.4, 0.5) is 16.4 Å². The van der Waals surface area contributed by atoms with Crippen LogP contribution in [0.3, 0.4) is 0 Å². The molecule has 0 bridgehead atoms. The molecular weight excluding hydrogens is 564 g/mol. The Morgan fingerprint density at radius 3 is 2.51 bits per heavy atom. The van der Waals surface area contributed by atoms with Gasteiger partial charge >= 0.3 is 6.09 Å². The summed E-state index contributed by atoms with van der Waals surface area (Å²) in [6.45, 7) is 15.4. The molecule has 1 aromatic carbocycles. The average Bonchev–Trinajstić information content (AvgIpc) is 3.57. The first-order valence-corrected chi connectivity index (χ1v) is 15.0. The van der Waals surface area contributed by atoms with Crippen LogP contribution in [0, 0.1) is 6.92 Å². The minimum absolute atomic E-state index is 0.0862. The number of rotatable bonds is 7. The Balaban J connectivity index is 1.17. The van der Waals surface area contributed by atoms with Crippen molar-refractivity contribution in [1.82, 2.24) is 34.9 Å². The Labute approximate surface area is 255 Å². The van der Waals surface area contributed by atoms with E-state index in [2.05, 4.69) is 52.5 Å². The highest BCUT2D eigenvalue weighted by Gasteiger charge is 2.35. The molecule has 0 radical (unpaired) electrons. The van der Waals surface area contributed by atoms with Crippen LogP contribution in [-0.4, -0.2) is 60.3 Å². The fourth-order valence-electron chi connectivity index (χ4n) is 4.45. The SMILES string of the molecule is Cc1cc(-c2ccnc(Nc3cnn(C4CN(C(=O)OC(C)(C)C)C4)c3)n2)ccc1CNC(=O)c1cnc(C(C)(C)C)s1. The van der Waals surface area contributed by atoms with Crippen LogP contribution in [0.2, 0.25) is 0 Å². The van der Waals surface area contributed by atoms with E-state index >= 15 is 0 Å². The van der Waals surface area contributed by atoms with Crippen LogP contribution in [0.15, 0.2) is 49.1 Å².